The highest BCUT2D eigenvalue weighted by atomic mass is 32.2. The highest BCUT2D eigenvalue weighted by Gasteiger charge is 2.47. The van der Waals surface area contributed by atoms with E-state index in [1.54, 1.807) is 25.7 Å². The Labute approximate surface area is 179 Å². The lowest BCUT2D eigenvalue weighted by Gasteiger charge is -2.37. The number of amides is 2. The van der Waals surface area contributed by atoms with Gasteiger partial charge in [0.1, 0.15) is 17.7 Å². The van der Waals surface area contributed by atoms with Gasteiger partial charge in [-0.3, -0.25) is 18.8 Å². The minimum Gasteiger partial charge on any atom is -0.444 e. The van der Waals surface area contributed by atoms with Crippen molar-refractivity contribution in [3.05, 3.63) is 0 Å². The van der Waals surface area contributed by atoms with Gasteiger partial charge in [-0.25, -0.2) is 4.79 Å². The summed E-state index contributed by atoms with van der Waals surface area (Å²) in [4.78, 5) is 31.8. The maximum Gasteiger partial charge on any atom is 0.411 e. The second-order valence-corrected chi connectivity index (χ2v) is 11.1. The van der Waals surface area contributed by atoms with E-state index in [2.05, 4.69) is 4.90 Å². The maximum atomic E-state index is 13.5. The quantitative estimate of drug-likeness (QED) is 0.604. The van der Waals surface area contributed by atoms with Crippen molar-refractivity contribution < 1.29 is 26.9 Å². The van der Waals surface area contributed by atoms with Crippen LogP contribution in [0.3, 0.4) is 0 Å². The van der Waals surface area contributed by atoms with E-state index in [4.69, 9.17) is 8.92 Å². The number of nitrogens with zero attached hydrogens (tertiary/aromatic N) is 3. The average molecular weight is 446 g/mol. The molecule has 0 radical (unpaired) electrons. The van der Waals surface area contributed by atoms with Gasteiger partial charge in [0.15, 0.2) is 0 Å². The lowest BCUT2D eigenvalue weighted by atomic mass is 9.91. The molecule has 1 saturated carbocycles. The molecule has 172 valence electrons. The predicted octanol–water partition coefficient (Wildman–Crippen LogP) is 1.43. The Bertz CT molecular complexity index is 746. The van der Waals surface area contributed by atoms with Crippen LogP contribution in [0.2, 0.25) is 0 Å². The van der Waals surface area contributed by atoms with Crippen LogP contribution in [0.4, 0.5) is 4.79 Å². The second kappa shape index (κ2) is 9.00. The van der Waals surface area contributed by atoms with E-state index in [0.29, 0.717) is 19.1 Å². The van der Waals surface area contributed by atoms with Crippen LogP contribution in [0.25, 0.3) is 0 Å². The number of hydrogen-bond acceptors (Lipinski definition) is 7. The lowest BCUT2D eigenvalue weighted by molar-refractivity contribution is -0.138. The third-order valence-electron chi connectivity index (χ3n) is 5.96. The van der Waals surface area contributed by atoms with E-state index in [1.807, 2.05) is 0 Å². The Kier molecular flexibility index (Phi) is 6.98. The van der Waals surface area contributed by atoms with Gasteiger partial charge in [-0.2, -0.15) is 8.42 Å². The molecule has 30 heavy (non-hydrogen) atoms. The molecule has 10 heteroatoms. The molecule has 0 spiro atoms. The molecule has 3 aliphatic rings. The summed E-state index contributed by atoms with van der Waals surface area (Å²) < 4.78 is 34.2. The minimum atomic E-state index is -3.77. The van der Waals surface area contributed by atoms with E-state index < -0.39 is 34.0 Å². The first kappa shape index (κ1) is 23.3. The Morgan fingerprint density at radius 3 is 2.20 bits per heavy atom. The number of carbonyl (C=O) groups is 2. The zero-order valence-corrected chi connectivity index (χ0v) is 19.3. The molecule has 0 bridgehead atoms. The largest absolute Gasteiger partial charge is 0.444 e. The first-order valence-corrected chi connectivity index (χ1v) is 12.7. The Hall–Kier alpha value is -1.39. The van der Waals surface area contributed by atoms with Gasteiger partial charge in [0.25, 0.3) is 10.1 Å². The fourth-order valence-electron chi connectivity index (χ4n) is 4.37. The monoisotopic (exact) mass is 445 g/mol. The number of carbonyl (C=O) groups excluding carboxylic acids is 2. The van der Waals surface area contributed by atoms with Gasteiger partial charge < -0.3 is 9.64 Å². The SMILES string of the molecule is CC(C)(C)OC(=O)N1CC[C@H](OS(C)(=O)=O)[C@H]1C(=O)N1CCCN(C2CCC2)CC1. The fraction of sp³-hybridized carbons (Fsp3) is 0.900. The van der Waals surface area contributed by atoms with E-state index in [1.165, 1.54) is 24.2 Å². The summed E-state index contributed by atoms with van der Waals surface area (Å²) in [5, 5.41) is 0. The lowest BCUT2D eigenvalue weighted by Crippen LogP contribution is -2.54. The molecule has 0 aromatic carbocycles. The zero-order chi connectivity index (χ0) is 22.1. The van der Waals surface area contributed by atoms with Gasteiger partial charge in [-0.15, -0.1) is 0 Å². The highest BCUT2D eigenvalue weighted by molar-refractivity contribution is 7.86. The summed E-state index contributed by atoms with van der Waals surface area (Å²) in [5.41, 5.74) is -0.716. The normalized spacial score (nSPS) is 26.9. The molecule has 3 rings (SSSR count). The summed E-state index contributed by atoms with van der Waals surface area (Å²) in [7, 11) is -3.77. The standard InChI is InChI=1S/C20H35N3O6S/c1-20(2,3)28-19(25)23-12-9-16(29-30(4,26)27)17(23)18(24)22-11-6-10-21(13-14-22)15-7-5-8-15/h15-17H,5-14H2,1-4H3/t16-,17-/m0/s1. The van der Waals surface area contributed by atoms with Crippen molar-refractivity contribution in [1.29, 1.82) is 0 Å². The van der Waals surface area contributed by atoms with Gasteiger partial charge in [-0.1, -0.05) is 6.42 Å². The van der Waals surface area contributed by atoms with Crippen LogP contribution in [0, 0.1) is 0 Å². The molecule has 0 unspecified atom stereocenters. The molecule has 2 atom stereocenters. The summed E-state index contributed by atoms with van der Waals surface area (Å²) in [6.45, 7) is 8.40. The van der Waals surface area contributed by atoms with Crippen LogP contribution < -0.4 is 0 Å². The molecule has 2 saturated heterocycles. The number of hydrogen-bond donors (Lipinski definition) is 0. The van der Waals surface area contributed by atoms with Crippen LogP contribution in [0.15, 0.2) is 0 Å². The average Bonchev–Trinajstić information content (AvgIpc) is 2.79. The van der Waals surface area contributed by atoms with E-state index in [0.717, 1.165) is 25.8 Å². The molecular weight excluding hydrogens is 410 g/mol. The Balaban J connectivity index is 1.75. The zero-order valence-electron chi connectivity index (χ0n) is 18.5. The summed E-state index contributed by atoms with van der Waals surface area (Å²) in [5.74, 6) is -0.262. The van der Waals surface area contributed by atoms with Crippen molar-refractivity contribution in [1.82, 2.24) is 14.7 Å². The van der Waals surface area contributed by atoms with Crippen LogP contribution in [0.5, 0.6) is 0 Å². The van der Waals surface area contributed by atoms with E-state index in [-0.39, 0.29) is 18.9 Å². The molecule has 0 N–H and O–H groups in total. The first-order valence-electron chi connectivity index (χ1n) is 10.9. The molecule has 2 amide bonds. The molecule has 2 aliphatic heterocycles. The van der Waals surface area contributed by atoms with Gasteiger partial charge in [0, 0.05) is 38.8 Å². The second-order valence-electron chi connectivity index (χ2n) is 9.55. The Morgan fingerprint density at radius 1 is 0.933 bits per heavy atom. The van der Waals surface area contributed by atoms with Crippen molar-refractivity contribution in [2.75, 3.05) is 39.0 Å². The van der Waals surface area contributed by atoms with Crippen molar-refractivity contribution in [3.8, 4) is 0 Å². The number of rotatable bonds is 4. The van der Waals surface area contributed by atoms with E-state index >= 15 is 0 Å². The molecule has 1 aliphatic carbocycles. The predicted molar refractivity (Wildman–Crippen MR) is 111 cm³/mol. The molecular formula is C20H35N3O6S. The number of likely N-dealkylation sites (tertiary alicyclic amines) is 1. The molecule has 0 aromatic heterocycles. The van der Waals surface area contributed by atoms with Gasteiger partial charge in [0.05, 0.1) is 6.26 Å². The maximum absolute atomic E-state index is 13.5. The molecule has 2 heterocycles. The smallest absolute Gasteiger partial charge is 0.411 e. The van der Waals surface area contributed by atoms with Gasteiger partial charge in [0.2, 0.25) is 5.91 Å². The summed E-state index contributed by atoms with van der Waals surface area (Å²) >= 11 is 0. The van der Waals surface area contributed by atoms with Crippen molar-refractivity contribution in [2.24, 2.45) is 0 Å². The highest BCUT2D eigenvalue weighted by Crippen LogP contribution is 2.28. The summed E-state index contributed by atoms with van der Waals surface area (Å²) in [6.07, 6.45) is 4.27. The fourth-order valence-corrected chi connectivity index (χ4v) is 5.02. The van der Waals surface area contributed by atoms with Crippen molar-refractivity contribution >= 4 is 22.1 Å². The van der Waals surface area contributed by atoms with Gasteiger partial charge >= 0.3 is 6.09 Å². The summed E-state index contributed by atoms with van der Waals surface area (Å²) in [6, 6.07) is -0.379. The van der Waals surface area contributed by atoms with Crippen molar-refractivity contribution in [3.63, 3.8) is 0 Å². The van der Waals surface area contributed by atoms with Crippen molar-refractivity contribution in [2.45, 2.75) is 76.7 Å². The van der Waals surface area contributed by atoms with Crippen LogP contribution >= 0.6 is 0 Å². The van der Waals surface area contributed by atoms with E-state index in [9.17, 15) is 18.0 Å². The van der Waals surface area contributed by atoms with Crippen LogP contribution in [-0.2, 0) is 23.8 Å². The van der Waals surface area contributed by atoms with Crippen LogP contribution in [0.1, 0.15) is 52.9 Å². The minimum absolute atomic E-state index is 0.216. The molecule has 0 aromatic rings. The molecule has 9 nitrogen and oxygen atoms in total. The third-order valence-corrected chi connectivity index (χ3v) is 6.55. The van der Waals surface area contributed by atoms with Crippen LogP contribution in [-0.4, -0.2) is 97.9 Å². The van der Waals surface area contributed by atoms with Gasteiger partial charge in [-0.05, 0) is 46.5 Å². The molecule has 3 fully saturated rings. The third kappa shape index (κ3) is 5.85. The Morgan fingerprint density at radius 2 is 1.63 bits per heavy atom. The number of ether oxygens (including phenoxy) is 1. The first-order chi connectivity index (χ1) is 13.9. The topological polar surface area (TPSA) is 96.5 Å².